The van der Waals surface area contributed by atoms with Gasteiger partial charge >= 0.3 is 0 Å². The third-order valence-corrected chi connectivity index (χ3v) is 3.05. The molecule has 4 nitrogen and oxygen atoms in total. The van der Waals surface area contributed by atoms with E-state index in [1.807, 2.05) is 41.2 Å². The molecule has 1 aliphatic heterocycles. The molecular weight excluding hydrogens is 228 g/mol. The molecule has 0 aliphatic carbocycles. The van der Waals surface area contributed by atoms with Crippen LogP contribution >= 0.6 is 0 Å². The molecule has 0 N–H and O–H groups in total. The SMILES string of the molecule is c1ccc(-n2cc(OC3CCOCC3)cn2)cc1. The maximum Gasteiger partial charge on any atom is 0.158 e. The second-order valence-electron chi connectivity index (χ2n) is 4.39. The van der Waals surface area contributed by atoms with Gasteiger partial charge in [0.15, 0.2) is 5.75 Å². The zero-order valence-electron chi connectivity index (χ0n) is 10.2. The van der Waals surface area contributed by atoms with Crippen molar-refractivity contribution in [2.24, 2.45) is 0 Å². The van der Waals surface area contributed by atoms with Crippen molar-refractivity contribution in [2.45, 2.75) is 18.9 Å². The first-order chi connectivity index (χ1) is 8.92. The Morgan fingerprint density at radius 2 is 1.94 bits per heavy atom. The molecule has 4 heteroatoms. The minimum Gasteiger partial charge on any atom is -0.487 e. The summed E-state index contributed by atoms with van der Waals surface area (Å²) in [7, 11) is 0. The second-order valence-corrected chi connectivity index (χ2v) is 4.39. The van der Waals surface area contributed by atoms with Gasteiger partial charge in [-0.1, -0.05) is 18.2 Å². The second kappa shape index (κ2) is 5.23. The lowest BCUT2D eigenvalue weighted by Gasteiger charge is -2.22. The Morgan fingerprint density at radius 3 is 2.72 bits per heavy atom. The van der Waals surface area contributed by atoms with E-state index in [-0.39, 0.29) is 6.10 Å². The molecule has 1 aliphatic rings. The van der Waals surface area contributed by atoms with Crippen LogP contribution in [0.4, 0.5) is 0 Å². The average molecular weight is 244 g/mol. The van der Waals surface area contributed by atoms with Crippen molar-refractivity contribution in [2.75, 3.05) is 13.2 Å². The summed E-state index contributed by atoms with van der Waals surface area (Å²) in [4.78, 5) is 0. The summed E-state index contributed by atoms with van der Waals surface area (Å²) in [5.74, 6) is 0.825. The zero-order chi connectivity index (χ0) is 12.2. The fourth-order valence-electron chi connectivity index (χ4n) is 2.08. The monoisotopic (exact) mass is 244 g/mol. The third-order valence-electron chi connectivity index (χ3n) is 3.05. The van der Waals surface area contributed by atoms with Crippen LogP contribution in [0.3, 0.4) is 0 Å². The molecule has 2 aromatic rings. The van der Waals surface area contributed by atoms with Gasteiger partial charge in [-0.05, 0) is 12.1 Å². The van der Waals surface area contributed by atoms with Crippen LogP contribution in [0.2, 0.25) is 0 Å². The topological polar surface area (TPSA) is 36.3 Å². The highest BCUT2D eigenvalue weighted by molar-refractivity contribution is 5.32. The standard InChI is InChI=1S/C14H16N2O2/c1-2-4-12(5-3-1)16-11-14(10-15-16)18-13-6-8-17-9-7-13/h1-5,10-11,13H,6-9H2. The molecule has 94 valence electrons. The Kier molecular flexibility index (Phi) is 3.28. The first-order valence-electron chi connectivity index (χ1n) is 6.26. The largest absolute Gasteiger partial charge is 0.487 e. The molecule has 18 heavy (non-hydrogen) atoms. The summed E-state index contributed by atoms with van der Waals surface area (Å²) < 4.78 is 13.0. The Balaban J connectivity index is 1.69. The highest BCUT2D eigenvalue weighted by atomic mass is 16.5. The molecule has 3 rings (SSSR count). The normalized spacial score (nSPS) is 16.7. The van der Waals surface area contributed by atoms with Gasteiger partial charge in [-0.15, -0.1) is 0 Å². The molecule has 0 unspecified atom stereocenters. The number of benzene rings is 1. The summed E-state index contributed by atoms with van der Waals surface area (Å²) in [6, 6.07) is 10.0. The van der Waals surface area contributed by atoms with Gasteiger partial charge in [0.2, 0.25) is 0 Å². The number of para-hydroxylation sites is 1. The lowest BCUT2D eigenvalue weighted by Crippen LogP contribution is -2.25. The van der Waals surface area contributed by atoms with Gasteiger partial charge in [-0.25, -0.2) is 4.68 Å². The number of aromatic nitrogens is 2. The molecule has 0 saturated carbocycles. The van der Waals surface area contributed by atoms with Crippen molar-refractivity contribution in [3.63, 3.8) is 0 Å². The zero-order valence-corrected chi connectivity index (χ0v) is 10.2. The quantitative estimate of drug-likeness (QED) is 0.832. The van der Waals surface area contributed by atoms with Gasteiger partial charge in [-0.2, -0.15) is 5.10 Å². The van der Waals surface area contributed by atoms with Crippen LogP contribution in [0.1, 0.15) is 12.8 Å². The van der Waals surface area contributed by atoms with E-state index >= 15 is 0 Å². The van der Waals surface area contributed by atoms with E-state index < -0.39 is 0 Å². The van der Waals surface area contributed by atoms with Crippen molar-refractivity contribution < 1.29 is 9.47 Å². The molecule has 0 radical (unpaired) electrons. The van der Waals surface area contributed by atoms with E-state index in [9.17, 15) is 0 Å². The Hall–Kier alpha value is -1.81. The summed E-state index contributed by atoms with van der Waals surface area (Å²) in [6.45, 7) is 1.58. The maximum atomic E-state index is 5.89. The lowest BCUT2D eigenvalue weighted by molar-refractivity contribution is 0.0255. The Labute approximate surface area is 106 Å². The predicted octanol–water partition coefficient (Wildman–Crippen LogP) is 2.43. The molecule has 0 bridgehead atoms. The van der Waals surface area contributed by atoms with Gasteiger partial charge in [0.1, 0.15) is 6.10 Å². The smallest absolute Gasteiger partial charge is 0.158 e. The fraction of sp³-hybridized carbons (Fsp3) is 0.357. The van der Waals surface area contributed by atoms with Crippen molar-refractivity contribution in [3.05, 3.63) is 42.7 Å². The molecule has 0 spiro atoms. The Bertz CT molecular complexity index is 490. The molecule has 0 amide bonds. The molecule has 1 saturated heterocycles. The minimum atomic E-state index is 0.257. The van der Waals surface area contributed by atoms with Crippen molar-refractivity contribution >= 4 is 0 Å². The summed E-state index contributed by atoms with van der Waals surface area (Å²) in [5, 5.41) is 4.31. The maximum absolute atomic E-state index is 5.89. The number of rotatable bonds is 3. The van der Waals surface area contributed by atoms with Crippen LogP contribution in [0.15, 0.2) is 42.7 Å². The Morgan fingerprint density at radius 1 is 1.17 bits per heavy atom. The number of hydrogen-bond acceptors (Lipinski definition) is 3. The van der Waals surface area contributed by atoms with Gasteiger partial charge in [0.25, 0.3) is 0 Å². The van der Waals surface area contributed by atoms with E-state index in [0.717, 1.165) is 37.5 Å². The van der Waals surface area contributed by atoms with E-state index in [1.165, 1.54) is 0 Å². The summed E-state index contributed by atoms with van der Waals surface area (Å²) in [6.07, 6.45) is 5.85. The van der Waals surface area contributed by atoms with Crippen LogP contribution in [0.5, 0.6) is 5.75 Å². The van der Waals surface area contributed by atoms with Crippen LogP contribution in [0, 0.1) is 0 Å². The van der Waals surface area contributed by atoms with Crippen molar-refractivity contribution in [1.82, 2.24) is 9.78 Å². The number of nitrogens with zero attached hydrogens (tertiary/aromatic N) is 2. The molecule has 1 fully saturated rings. The average Bonchev–Trinajstić information content (AvgIpc) is 2.89. The molecule has 1 aromatic carbocycles. The first-order valence-corrected chi connectivity index (χ1v) is 6.26. The van der Waals surface area contributed by atoms with Gasteiger partial charge in [0.05, 0.1) is 31.3 Å². The predicted molar refractivity (Wildman–Crippen MR) is 68.0 cm³/mol. The molecule has 1 aromatic heterocycles. The molecule has 0 atom stereocenters. The van der Waals surface area contributed by atoms with Crippen LogP contribution < -0.4 is 4.74 Å². The first kappa shape index (κ1) is 11.3. The van der Waals surface area contributed by atoms with Crippen LogP contribution in [-0.2, 0) is 4.74 Å². The van der Waals surface area contributed by atoms with E-state index in [2.05, 4.69) is 5.10 Å². The third kappa shape index (κ3) is 2.54. The van der Waals surface area contributed by atoms with Crippen molar-refractivity contribution in [3.8, 4) is 11.4 Å². The van der Waals surface area contributed by atoms with E-state index in [4.69, 9.17) is 9.47 Å². The number of hydrogen-bond donors (Lipinski definition) is 0. The van der Waals surface area contributed by atoms with Crippen molar-refractivity contribution in [1.29, 1.82) is 0 Å². The molecule has 2 heterocycles. The summed E-state index contributed by atoms with van der Waals surface area (Å²) >= 11 is 0. The number of ether oxygens (including phenoxy) is 2. The van der Waals surface area contributed by atoms with Crippen LogP contribution in [0.25, 0.3) is 5.69 Å². The fourth-order valence-corrected chi connectivity index (χ4v) is 2.08. The minimum absolute atomic E-state index is 0.257. The van der Waals surface area contributed by atoms with E-state index in [0.29, 0.717) is 0 Å². The highest BCUT2D eigenvalue weighted by Gasteiger charge is 2.16. The summed E-state index contributed by atoms with van der Waals surface area (Å²) in [5.41, 5.74) is 1.04. The highest BCUT2D eigenvalue weighted by Crippen LogP contribution is 2.18. The molecular formula is C14H16N2O2. The van der Waals surface area contributed by atoms with Gasteiger partial charge < -0.3 is 9.47 Å². The van der Waals surface area contributed by atoms with E-state index in [1.54, 1.807) is 6.20 Å². The van der Waals surface area contributed by atoms with Gasteiger partial charge in [-0.3, -0.25) is 0 Å². The van der Waals surface area contributed by atoms with Crippen LogP contribution in [-0.4, -0.2) is 29.1 Å². The lowest BCUT2D eigenvalue weighted by atomic mass is 10.1. The van der Waals surface area contributed by atoms with Gasteiger partial charge in [0, 0.05) is 12.8 Å².